The van der Waals surface area contributed by atoms with Crippen molar-refractivity contribution in [3.05, 3.63) is 48.2 Å². The molecular weight excluding hydrogens is 484 g/mol. The smallest absolute Gasteiger partial charge is 0.323 e. The fourth-order valence-electron chi connectivity index (χ4n) is 4.55. The van der Waals surface area contributed by atoms with Crippen molar-refractivity contribution in [2.24, 2.45) is 0 Å². The van der Waals surface area contributed by atoms with E-state index in [1.165, 1.54) is 11.2 Å². The Morgan fingerprint density at radius 3 is 2.39 bits per heavy atom. The van der Waals surface area contributed by atoms with Gasteiger partial charge >= 0.3 is 5.97 Å². The molecule has 4 rings (SSSR count). The molecule has 192 valence electrons. The van der Waals surface area contributed by atoms with E-state index in [9.17, 15) is 23.1 Å². The zero-order valence-corrected chi connectivity index (χ0v) is 21.3. The molecule has 0 atom stereocenters. The van der Waals surface area contributed by atoms with E-state index in [-0.39, 0.29) is 29.4 Å². The second kappa shape index (κ2) is 10.3. The van der Waals surface area contributed by atoms with Crippen LogP contribution in [0.2, 0.25) is 0 Å². The van der Waals surface area contributed by atoms with Gasteiger partial charge in [-0.2, -0.15) is 4.31 Å². The van der Waals surface area contributed by atoms with Gasteiger partial charge in [0.05, 0.1) is 11.0 Å². The number of carboxylic acids is 1. The molecule has 1 saturated heterocycles. The molecular formula is C25H30N4O6S. The number of hydrogen-bond donors (Lipinski definition) is 2. The molecule has 1 aliphatic heterocycles. The van der Waals surface area contributed by atoms with Gasteiger partial charge in [-0.3, -0.25) is 9.59 Å². The molecule has 0 unspecified atom stereocenters. The topological polar surface area (TPSA) is 131 Å². The summed E-state index contributed by atoms with van der Waals surface area (Å²) in [6.45, 7) is 5.62. The Hall–Kier alpha value is -3.44. The van der Waals surface area contributed by atoms with Crippen LogP contribution in [-0.2, 0) is 26.2 Å². The molecule has 3 aromatic rings. The number of hydrogen-bond acceptors (Lipinski definition) is 6. The Balaban J connectivity index is 1.54. The summed E-state index contributed by atoms with van der Waals surface area (Å²) in [5.74, 6) is -0.262. The number of aromatic nitrogens is 2. The van der Waals surface area contributed by atoms with Crippen LogP contribution in [0.1, 0.15) is 45.1 Å². The summed E-state index contributed by atoms with van der Waals surface area (Å²) < 4.78 is 35.1. The molecule has 0 bridgehead atoms. The van der Waals surface area contributed by atoms with Gasteiger partial charge in [-0.25, -0.2) is 13.4 Å². The average molecular weight is 515 g/mol. The van der Waals surface area contributed by atoms with Crippen LogP contribution in [0.15, 0.2) is 47.5 Å². The summed E-state index contributed by atoms with van der Waals surface area (Å²) in [6.07, 6.45) is 2.96. The molecule has 1 amide bonds. The number of nitrogens with one attached hydrogen (secondary N) is 1. The summed E-state index contributed by atoms with van der Waals surface area (Å²) in [7, 11) is -3.64. The summed E-state index contributed by atoms with van der Waals surface area (Å²) in [6, 6.07) is 9.97. The number of nitrogens with zero attached hydrogens (tertiary/aromatic N) is 3. The van der Waals surface area contributed by atoms with Crippen LogP contribution in [0, 0.1) is 0 Å². The van der Waals surface area contributed by atoms with E-state index in [2.05, 4.69) is 10.3 Å². The number of rotatable bonds is 8. The summed E-state index contributed by atoms with van der Waals surface area (Å²) in [5, 5.41) is 12.8. The standard InChI is InChI=1S/C25H30N4O6S/c1-16(2)35-19-4-6-20(7-5-19)36(33,34)29-12-10-18(11-13-29)22-14-28(15-24(31)32)25-21(22)8-9-23(27-25)26-17(3)30/h4-9,14,16,18H,10-13,15H2,1-3H3,(H,31,32)(H,26,27,30). The van der Waals surface area contributed by atoms with E-state index in [0.717, 1.165) is 10.9 Å². The van der Waals surface area contributed by atoms with E-state index in [0.29, 0.717) is 43.1 Å². The van der Waals surface area contributed by atoms with E-state index >= 15 is 0 Å². The number of carbonyl (C=O) groups excluding carboxylic acids is 1. The van der Waals surface area contributed by atoms with E-state index in [1.54, 1.807) is 41.1 Å². The molecule has 0 spiro atoms. The Morgan fingerprint density at radius 1 is 1.14 bits per heavy atom. The van der Waals surface area contributed by atoms with Crippen molar-refractivity contribution in [1.82, 2.24) is 13.9 Å². The summed E-state index contributed by atoms with van der Waals surface area (Å²) >= 11 is 0. The third-order valence-electron chi connectivity index (χ3n) is 6.09. The lowest BCUT2D eigenvalue weighted by Gasteiger charge is -2.31. The molecule has 10 nitrogen and oxygen atoms in total. The van der Waals surface area contributed by atoms with Crippen molar-refractivity contribution < 1.29 is 27.9 Å². The van der Waals surface area contributed by atoms with Crippen molar-refractivity contribution in [2.75, 3.05) is 18.4 Å². The predicted molar refractivity (Wildman–Crippen MR) is 135 cm³/mol. The van der Waals surface area contributed by atoms with Gasteiger partial charge in [0.25, 0.3) is 0 Å². The first-order chi connectivity index (χ1) is 17.0. The zero-order valence-electron chi connectivity index (χ0n) is 20.5. The SMILES string of the molecule is CC(=O)Nc1ccc2c(C3CCN(S(=O)(=O)c4ccc(OC(C)C)cc4)CC3)cn(CC(=O)O)c2n1. The molecule has 1 aromatic carbocycles. The minimum atomic E-state index is -3.64. The van der Waals surface area contributed by atoms with Gasteiger partial charge in [-0.15, -0.1) is 0 Å². The Morgan fingerprint density at radius 2 is 1.81 bits per heavy atom. The number of pyridine rings is 1. The number of aliphatic carboxylic acids is 1. The van der Waals surface area contributed by atoms with Gasteiger partial charge in [-0.1, -0.05) is 0 Å². The first kappa shape index (κ1) is 25.6. The van der Waals surface area contributed by atoms with Crippen molar-refractivity contribution in [3.63, 3.8) is 0 Å². The highest BCUT2D eigenvalue weighted by Crippen LogP contribution is 2.36. The lowest BCUT2D eigenvalue weighted by Crippen LogP contribution is -2.37. The largest absolute Gasteiger partial charge is 0.491 e. The number of amides is 1. The normalized spacial score (nSPS) is 15.3. The maximum absolute atomic E-state index is 13.2. The number of benzene rings is 1. The van der Waals surface area contributed by atoms with Gasteiger partial charge in [0.2, 0.25) is 15.9 Å². The Labute approximate surface area is 209 Å². The number of carbonyl (C=O) groups is 2. The third kappa shape index (κ3) is 5.52. The predicted octanol–water partition coefficient (Wildman–Crippen LogP) is 3.43. The Bertz CT molecular complexity index is 1370. The van der Waals surface area contributed by atoms with Gasteiger partial charge < -0.3 is 19.7 Å². The van der Waals surface area contributed by atoms with Gasteiger partial charge in [0, 0.05) is 31.6 Å². The number of fused-ring (bicyclic) bond motifs is 1. The second-order valence-electron chi connectivity index (χ2n) is 9.17. The molecule has 0 aliphatic carbocycles. The number of carboxylic acid groups (broad SMARTS) is 1. The molecule has 3 heterocycles. The van der Waals surface area contributed by atoms with E-state index in [1.807, 2.05) is 19.9 Å². The highest BCUT2D eigenvalue weighted by atomic mass is 32.2. The number of ether oxygens (including phenoxy) is 1. The van der Waals surface area contributed by atoms with E-state index in [4.69, 9.17) is 4.74 Å². The van der Waals surface area contributed by atoms with Crippen molar-refractivity contribution in [2.45, 2.75) is 57.1 Å². The Kier molecular flexibility index (Phi) is 7.32. The second-order valence-corrected chi connectivity index (χ2v) is 11.1. The molecule has 2 aromatic heterocycles. The molecule has 0 saturated carbocycles. The quantitative estimate of drug-likeness (QED) is 0.471. The lowest BCUT2D eigenvalue weighted by atomic mass is 9.90. The molecule has 36 heavy (non-hydrogen) atoms. The highest BCUT2D eigenvalue weighted by Gasteiger charge is 2.31. The average Bonchev–Trinajstić information content (AvgIpc) is 3.16. The molecule has 11 heteroatoms. The number of piperidine rings is 1. The first-order valence-corrected chi connectivity index (χ1v) is 13.2. The monoisotopic (exact) mass is 514 g/mol. The number of sulfonamides is 1. The van der Waals surface area contributed by atoms with Crippen molar-refractivity contribution in [1.29, 1.82) is 0 Å². The van der Waals surface area contributed by atoms with Gasteiger partial charge in [0.15, 0.2) is 0 Å². The van der Waals surface area contributed by atoms with E-state index < -0.39 is 16.0 Å². The highest BCUT2D eigenvalue weighted by molar-refractivity contribution is 7.89. The van der Waals surface area contributed by atoms with Crippen LogP contribution in [0.25, 0.3) is 11.0 Å². The minimum Gasteiger partial charge on any atom is -0.491 e. The third-order valence-corrected chi connectivity index (χ3v) is 8.00. The maximum Gasteiger partial charge on any atom is 0.323 e. The van der Waals surface area contributed by atoms with Gasteiger partial charge in [0.1, 0.15) is 23.8 Å². The molecule has 1 fully saturated rings. The minimum absolute atomic E-state index is 0.000110. The van der Waals surface area contributed by atoms with Crippen molar-refractivity contribution in [3.8, 4) is 5.75 Å². The van der Waals surface area contributed by atoms with Crippen LogP contribution in [-0.4, -0.2) is 58.5 Å². The van der Waals surface area contributed by atoms with Crippen molar-refractivity contribution >= 4 is 38.8 Å². The van der Waals surface area contributed by atoms with Gasteiger partial charge in [-0.05, 0) is 74.6 Å². The number of anilines is 1. The fourth-order valence-corrected chi connectivity index (χ4v) is 6.02. The fraction of sp³-hybridized carbons (Fsp3) is 0.400. The van der Waals surface area contributed by atoms with Crippen LogP contribution >= 0.6 is 0 Å². The van der Waals surface area contributed by atoms with Crippen LogP contribution in [0.3, 0.4) is 0 Å². The zero-order chi connectivity index (χ0) is 26.0. The molecule has 1 aliphatic rings. The first-order valence-electron chi connectivity index (χ1n) is 11.8. The molecule has 0 radical (unpaired) electrons. The summed E-state index contributed by atoms with van der Waals surface area (Å²) in [5.41, 5.74) is 1.40. The maximum atomic E-state index is 13.2. The lowest BCUT2D eigenvalue weighted by molar-refractivity contribution is -0.137. The molecule has 2 N–H and O–H groups in total. The summed E-state index contributed by atoms with van der Waals surface area (Å²) in [4.78, 5) is 27.5. The van der Waals surface area contributed by atoms with Crippen LogP contribution in [0.5, 0.6) is 5.75 Å². The van der Waals surface area contributed by atoms with Crippen LogP contribution in [0.4, 0.5) is 5.82 Å². The van der Waals surface area contributed by atoms with Crippen LogP contribution < -0.4 is 10.1 Å².